The lowest BCUT2D eigenvalue weighted by Crippen LogP contribution is -2.20. The third-order valence-corrected chi connectivity index (χ3v) is 5.50. The van der Waals surface area contributed by atoms with Gasteiger partial charge in [-0.25, -0.2) is 9.78 Å². The van der Waals surface area contributed by atoms with Crippen molar-refractivity contribution in [3.05, 3.63) is 112 Å². The van der Waals surface area contributed by atoms with Crippen molar-refractivity contribution in [2.45, 2.75) is 6.92 Å². The van der Waals surface area contributed by atoms with Gasteiger partial charge in [-0.05, 0) is 55.0 Å². The van der Waals surface area contributed by atoms with E-state index < -0.39 is 5.97 Å². The second kappa shape index (κ2) is 9.71. The molecule has 2 heterocycles. The van der Waals surface area contributed by atoms with Crippen molar-refractivity contribution in [3.63, 3.8) is 0 Å². The standard InChI is InChI=1S/C28H21N3O5/c1-18-9-12-20(13-10-18)26-30-22-7-4-3-6-21(22)27(32)31(26)29-17-19-11-14-23(25(16-19)34-2)36-28(33)24-8-5-15-35-24/h3-17H,1-2H3/b29-17+. The summed E-state index contributed by atoms with van der Waals surface area (Å²) in [5.74, 6) is 0.402. The predicted octanol–water partition coefficient (Wildman–Crippen LogP) is 5.07. The van der Waals surface area contributed by atoms with Crippen molar-refractivity contribution in [1.82, 2.24) is 9.66 Å². The number of para-hydroxylation sites is 1. The Morgan fingerprint density at radius 2 is 1.81 bits per heavy atom. The van der Waals surface area contributed by atoms with E-state index in [1.807, 2.05) is 37.3 Å². The van der Waals surface area contributed by atoms with Crippen molar-refractivity contribution in [2.75, 3.05) is 7.11 Å². The van der Waals surface area contributed by atoms with E-state index in [0.717, 1.165) is 11.1 Å². The van der Waals surface area contributed by atoms with E-state index in [4.69, 9.17) is 18.9 Å². The van der Waals surface area contributed by atoms with Crippen molar-refractivity contribution in [3.8, 4) is 22.9 Å². The van der Waals surface area contributed by atoms with Crippen LogP contribution in [0.5, 0.6) is 11.5 Å². The molecular formula is C28H21N3O5. The summed E-state index contributed by atoms with van der Waals surface area (Å²) in [6.45, 7) is 1.99. The van der Waals surface area contributed by atoms with Crippen molar-refractivity contribution >= 4 is 23.1 Å². The normalized spacial score (nSPS) is 11.2. The molecule has 0 atom stereocenters. The molecule has 0 fully saturated rings. The predicted molar refractivity (Wildman–Crippen MR) is 136 cm³/mol. The number of hydrogen-bond donors (Lipinski definition) is 0. The Morgan fingerprint density at radius 3 is 2.56 bits per heavy atom. The average Bonchev–Trinajstić information content (AvgIpc) is 3.45. The van der Waals surface area contributed by atoms with Gasteiger partial charge in [0.15, 0.2) is 17.3 Å². The number of fused-ring (bicyclic) bond motifs is 1. The minimum atomic E-state index is -0.642. The zero-order chi connectivity index (χ0) is 25.1. The van der Waals surface area contributed by atoms with Crippen molar-refractivity contribution in [1.29, 1.82) is 0 Å². The molecule has 0 aliphatic carbocycles. The fraction of sp³-hybridized carbons (Fsp3) is 0.0714. The highest BCUT2D eigenvalue weighted by molar-refractivity contribution is 5.89. The first-order chi connectivity index (χ1) is 17.5. The monoisotopic (exact) mass is 479 g/mol. The van der Waals surface area contributed by atoms with Crippen LogP contribution in [-0.2, 0) is 0 Å². The molecule has 0 bridgehead atoms. The Bertz CT molecular complexity index is 1630. The lowest BCUT2D eigenvalue weighted by molar-refractivity contribution is 0.0696. The number of aromatic nitrogens is 2. The van der Waals surface area contributed by atoms with Crippen LogP contribution in [0.2, 0.25) is 0 Å². The Labute approximate surface area is 206 Å². The number of esters is 1. The number of furan rings is 1. The number of benzene rings is 3. The minimum absolute atomic E-state index is 0.0782. The van der Waals surface area contributed by atoms with Gasteiger partial charge in [0.2, 0.25) is 5.76 Å². The molecule has 36 heavy (non-hydrogen) atoms. The molecule has 0 radical (unpaired) electrons. The molecule has 5 aromatic rings. The van der Waals surface area contributed by atoms with Gasteiger partial charge in [-0.15, -0.1) is 0 Å². The second-order valence-electron chi connectivity index (χ2n) is 7.96. The highest BCUT2D eigenvalue weighted by Crippen LogP contribution is 2.28. The van der Waals surface area contributed by atoms with Gasteiger partial charge >= 0.3 is 5.97 Å². The van der Waals surface area contributed by atoms with E-state index in [1.165, 1.54) is 30.3 Å². The zero-order valence-electron chi connectivity index (χ0n) is 19.5. The molecule has 2 aromatic heterocycles. The van der Waals surface area contributed by atoms with E-state index in [1.54, 1.807) is 42.5 Å². The van der Waals surface area contributed by atoms with Crippen LogP contribution in [0.4, 0.5) is 0 Å². The molecule has 0 saturated carbocycles. The number of hydrogen-bond acceptors (Lipinski definition) is 7. The molecule has 0 aliphatic rings. The minimum Gasteiger partial charge on any atom is -0.493 e. The van der Waals surface area contributed by atoms with Crippen LogP contribution in [0.15, 0.2) is 99.4 Å². The molecule has 0 unspecified atom stereocenters. The first-order valence-corrected chi connectivity index (χ1v) is 11.1. The van der Waals surface area contributed by atoms with Crippen LogP contribution < -0.4 is 15.0 Å². The fourth-order valence-electron chi connectivity index (χ4n) is 3.64. The number of carbonyl (C=O) groups excluding carboxylic acids is 1. The number of ether oxygens (including phenoxy) is 2. The van der Waals surface area contributed by atoms with Gasteiger partial charge in [0.1, 0.15) is 0 Å². The number of rotatable bonds is 6. The molecule has 0 amide bonds. The first-order valence-electron chi connectivity index (χ1n) is 11.1. The van der Waals surface area contributed by atoms with Gasteiger partial charge in [0, 0.05) is 5.56 Å². The van der Waals surface area contributed by atoms with Crippen LogP contribution >= 0.6 is 0 Å². The van der Waals surface area contributed by atoms with Crippen LogP contribution in [0, 0.1) is 6.92 Å². The Balaban J connectivity index is 1.53. The zero-order valence-corrected chi connectivity index (χ0v) is 19.5. The molecule has 0 saturated heterocycles. The Morgan fingerprint density at radius 1 is 1.00 bits per heavy atom. The fourth-order valence-corrected chi connectivity index (χ4v) is 3.64. The van der Waals surface area contributed by atoms with E-state index in [0.29, 0.717) is 28.0 Å². The van der Waals surface area contributed by atoms with Crippen LogP contribution in [0.1, 0.15) is 21.7 Å². The van der Waals surface area contributed by atoms with Gasteiger partial charge in [0.25, 0.3) is 5.56 Å². The summed E-state index contributed by atoms with van der Waals surface area (Å²) in [5.41, 5.74) is 2.78. The Kier molecular flexibility index (Phi) is 6.15. The lowest BCUT2D eigenvalue weighted by Gasteiger charge is -2.10. The summed E-state index contributed by atoms with van der Waals surface area (Å²) < 4.78 is 17.1. The second-order valence-corrected chi connectivity index (χ2v) is 7.96. The topological polar surface area (TPSA) is 95.9 Å². The average molecular weight is 479 g/mol. The van der Waals surface area contributed by atoms with Gasteiger partial charge in [-0.2, -0.15) is 9.78 Å². The summed E-state index contributed by atoms with van der Waals surface area (Å²) in [4.78, 5) is 30.3. The van der Waals surface area contributed by atoms with Crippen LogP contribution in [0.25, 0.3) is 22.3 Å². The number of nitrogens with zero attached hydrogens (tertiary/aromatic N) is 3. The SMILES string of the molecule is COc1cc(/C=N/n2c(-c3ccc(C)cc3)nc3ccccc3c2=O)ccc1OC(=O)c1ccco1. The molecule has 178 valence electrons. The summed E-state index contributed by atoms with van der Waals surface area (Å²) in [7, 11) is 1.47. The molecule has 5 rings (SSSR count). The third kappa shape index (κ3) is 4.52. The molecule has 0 aliphatic heterocycles. The van der Waals surface area contributed by atoms with Gasteiger partial charge in [-0.1, -0.05) is 42.0 Å². The van der Waals surface area contributed by atoms with Gasteiger partial charge in [0.05, 0.1) is 30.5 Å². The quantitative estimate of drug-likeness (QED) is 0.192. The summed E-state index contributed by atoms with van der Waals surface area (Å²) in [5, 5.41) is 4.93. The third-order valence-electron chi connectivity index (χ3n) is 5.50. The largest absolute Gasteiger partial charge is 0.493 e. The summed E-state index contributed by atoms with van der Waals surface area (Å²) in [6.07, 6.45) is 2.91. The van der Waals surface area contributed by atoms with Gasteiger partial charge in [-0.3, -0.25) is 4.79 Å². The molecule has 0 N–H and O–H groups in total. The van der Waals surface area contributed by atoms with E-state index in [2.05, 4.69) is 5.10 Å². The van der Waals surface area contributed by atoms with Crippen molar-refractivity contribution < 1.29 is 18.7 Å². The molecule has 0 spiro atoms. The maximum absolute atomic E-state index is 13.3. The number of carbonyl (C=O) groups is 1. The molecular weight excluding hydrogens is 458 g/mol. The number of aryl methyl sites for hydroxylation is 1. The lowest BCUT2D eigenvalue weighted by atomic mass is 10.1. The molecule has 8 nitrogen and oxygen atoms in total. The van der Waals surface area contributed by atoms with Crippen molar-refractivity contribution in [2.24, 2.45) is 5.10 Å². The highest BCUT2D eigenvalue weighted by atomic mass is 16.6. The van der Waals surface area contributed by atoms with E-state index >= 15 is 0 Å². The number of methoxy groups -OCH3 is 1. The maximum Gasteiger partial charge on any atom is 0.379 e. The van der Waals surface area contributed by atoms with Gasteiger partial charge < -0.3 is 13.9 Å². The summed E-state index contributed by atoms with van der Waals surface area (Å²) >= 11 is 0. The van der Waals surface area contributed by atoms with Crippen LogP contribution in [0.3, 0.4) is 0 Å². The molecule has 8 heteroatoms. The first kappa shape index (κ1) is 22.8. The van der Waals surface area contributed by atoms with E-state index in [9.17, 15) is 9.59 Å². The highest BCUT2D eigenvalue weighted by Gasteiger charge is 2.16. The van der Waals surface area contributed by atoms with Crippen LogP contribution in [-0.4, -0.2) is 29.0 Å². The Hall–Kier alpha value is -4.98. The summed E-state index contributed by atoms with van der Waals surface area (Å²) in [6, 6.07) is 22.9. The molecule has 3 aromatic carbocycles. The maximum atomic E-state index is 13.3. The smallest absolute Gasteiger partial charge is 0.379 e. The van der Waals surface area contributed by atoms with E-state index in [-0.39, 0.29) is 17.1 Å².